The van der Waals surface area contributed by atoms with Gasteiger partial charge in [0.25, 0.3) is 0 Å². The van der Waals surface area contributed by atoms with Crippen molar-refractivity contribution in [3.8, 4) is 5.75 Å². The van der Waals surface area contributed by atoms with Crippen LogP contribution in [0.2, 0.25) is 0 Å². The SMILES string of the molecule is C[C@H](O)[C@H](N)c1c(O)ccc2ccccc12.Cl. The van der Waals surface area contributed by atoms with Gasteiger partial charge in [-0.1, -0.05) is 30.3 Å². The molecule has 92 valence electrons. The smallest absolute Gasteiger partial charge is 0.121 e. The fourth-order valence-corrected chi connectivity index (χ4v) is 1.88. The molecule has 0 radical (unpaired) electrons. The van der Waals surface area contributed by atoms with Gasteiger partial charge in [0.15, 0.2) is 0 Å². The second kappa shape index (κ2) is 5.36. The Balaban J connectivity index is 0.00000144. The van der Waals surface area contributed by atoms with Gasteiger partial charge >= 0.3 is 0 Å². The molecule has 0 aromatic heterocycles. The topological polar surface area (TPSA) is 66.5 Å². The molecule has 0 aliphatic heterocycles. The fourth-order valence-electron chi connectivity index (χ4n) is 1.88. The summed E-state index contributed by atoms with van der Waals surface area (Å²) in [5.74, 6) is 0.132. The van der Waals surface area contributed by atoms with Crippen LogP contribution in [0.15, 0.2) is 36.4 Å². The average Bonchev–Trinajstić information content (AvgIpc) is 2.28. The zero-order chi connectivity index (χ0) is 11.7. The third kappa shape index (κ3) is 2.52. The number of hydrogen-bond acceptors (Lipinski definition) is 3. The van der Waals surface area contributed by atoms with Gasteiger partial charge in [0.2, 0.25) is 0 Å². The van der Waals surface area contributed by atoms with Gasteiger partial charge in [-0.15, -0.1) is 12.4 Å². The molecule has 2 aromatic carbocycles. The number of benzene rings is 2. The van der Waals surface area contributed by atoms with Crippen LogP contribution in [0, 0.1) is 0 Å². The normalized spacial score (nSPS) is 14.1. The number of halogens is 1. The van der Waals surface area contributed by atoms with E-state index in [9.17, 15) is 10.2 Å². The van der Waals surface area contributed by atoms with Crippen LogP contribution in [-0.2, 0) is 0 Å². The lowest BCUT2D eigenvalue weighted by molar-refractivity contribution is 0.163. The number of phenolic OH excluding ortho intramolecular Hbond substituents is 1. The Hall–Kier alpha value is -1.29. The van der Waals surface area contributed by atoms with E-state index in [2.05, 4.69) is 0 Å². The van der Waals surface area contributed by atoms with Gasteiger partial charge in [-0.2, -0.15) is 0 Å². The summed E-state index contributed by atoms with van der Waals surface area (Å²) in [6.07, 6.45) is -0.697. The first kappa shape index (κ1) is 13.8. The van der Waals surface area contributed by atoms with E-state index in [0.29, 0.717) is 5.56 Å². The molecule has 2 atom stereocenters. The predicted molar refractivity (Wildman–Crippen MR) is 71.5 cm³/mol. The lowest BCUT2D eigenvalue weighted by Gasteiger charge is -2.18. The molecule has 0 saturated heterocycles. The number of aliphatic hydroxyl groups excluding tert-OH is 1. The van der Waals surface area contributed by atoms with Crippen molar-refractivity contribution < 1.29 is 10.2 Å². The summed E-state index contributed by atoms with van der Waals surface area (Å²) in [5, 5.41) is 21.2. The number of nitrogens with two attached hydrogens (primary N) is 1. The van der Waals surface area contributed by atoms with Gasteiger partial charge in [-0.25, -0.2) is 0 Å². The zero-order valence-electron chi connectivity index (χ0n) is 9.50. The Kier molecular flexibility index (Phi) is 4.34. The van der Waals surface area contributed by atoms with Gasteiger partial charge in [0, 0.05) is 5.56 Å². The van der Waals surface area contributed by atoms with Crippen LogP contribution in [0.5, 0.6) is 5.75 Å². The van der Waals surface area contributed by atoms with E-state index in [-0.39, 0.29) is 18.2 Å². The van der Waals surface area contributed by atoms with E-state index in [4.69, 9.17) is 5.73 Å². The average molecular weight is 254 g/mol. The molecule has 0 heterocycles. The largest absolute Gasteiger partial charge is 0.508 e. The van der Waals surface area contributed by atoms with Crippen LogP contribution < -0.4 is 5.73 Å². The number of hydrogen-bond donors (Lipinski definition) is 3. The monoisotopic (exact) mass is 253 g/mol. The minimum Gasteiger partial charge on any atom is -0.508 e. The molecule has 0 bridgehead atoms. The van der Waals surface area contributed by atoms with Gasteiger partial charge in [0.05, 0.1) is 12.1 Å². The highest BCUT2D eigenvalue weighted by Crippen LogP contribution is 2.32. The molecule has 4 N–H and O–H groups in total. The van der Waals surface area contributed by atoms with E-state index in [1.165, 1.54) is 0 Å². The minimum absolute atomic E-state index is 0. The Labute approximate surface area is 106 Å². The standard InChI is InChI=1S/C13H15NO2.ClH/c1-8(15)13(14)12-10-5-3-2-4-9(10)6-7-11(12)16;/h2-8,13,15-16H,14H2,1H3;1H/t8-,13-;/m0./s1. The van der Waals surface area contributed by atoms with Crippen molar-refractivity contribution >= 4 is 23.2 Å². The third-order valence-electron chi connectivity index (χ3n) is 2.80. The van der Waals surface area contributed by atoms with Crippen molar-refractivity contribution in [1.29, 1.82) is 0 Å². The molecule has 17 heavy (non-hydrogen) atoms. The molecule has 0 aliphatic rings. The molecule has 0 fully saturated rings. The highest BCUT2D eigenvalue weighted by Gasteiger charge is 2.18. The van der Waals surface area contributed by atoms with Gasteiger partial charge in [-0.05, 0) is 23.8 Å². The molecular formula is C13H16ClNO2. The molecule has 4 heteroatoms. The first-order valence-electron chi connectivity index (χ1n) is 5.25. The number of aromatic hydroxyl groups is 1. The summed E-state index contributed by atoms with van der Waals surface area (Å²) in [4.78, 5) is 0. The molecule has 2 rings (SSSR count). The maximum Gasteiger partial charge on any atom is 0.121 e. The van der Waals surface area contributed by atoms with E-state index >= 15 is 0 Å². The summed E-state index contributed by atoms with van der Waals surface area (Å²) in [5.41, 5.74) is 6.50. The highest BCUT2D eigenvalue weighted by molar-refractivity contribution is 5.88. The number of aliphatic hydroxyl groups is 1. The van der Waals surface area contributed by atoms with E-state index in [1.54, 1.807) is 13.0 Å². The van der Waals surface area contributed by atoms with Crippen LogP contribution in [0.1, 0.15) is 18.5 Å². The lowest BCUT2D eigenvalue weighted by Crippen LogP contribution is -2.23. The zero-order valence-corrected chi connectivity index (χ0v) is 10.3. The summed E-state index contributed by atoms with van der Waals surface area (Å²) < 4.78 is 0. The van der Waals surface area contributed by atoms with Gasteiger partial charge in [-0.3, -0.25) is 0 Å². The first-order valence-corrected chi connectivity index (χ1v) is 5.25. The van der Waals surface area contributed by atoms with Crippen LogP contribution in [0.4, 0.5) is 0 Å². The molecule has 3 nitrogen and oxygen atoms in total. The quantitative estimate of drug-likeness (QED) is 0.770. The predicted octanol–water partition coefficient (Wildman–Crippen LogP) is 2.35. The number of rotatable bonds is 2. The minimum atomic E-state index is -0.697. The van der Waals surface area contributed by atoms with Crippen molar-refractivity contribution in [1.82, 2.24) is 0 Å². The van der Waals surface area contributed by atoms with Crippen molar-refractivity contribution in [2.45, 2.75) is 19.1 Å². The fraction of sp³-hybridized carbons (Fsp3) is 0.231. The molecule has 0 unspecified atom stereocenters. The molecule has 2 aromatic rings. The molecule has 0 amide bonds. The molecular weight excluding hydrogens is 238 g/mol. The maximum absolute atomic E-state index is 9.84. The van der Waals surface area contributed by atoms with E-state index in [0.717, 1.165) is 10.8 Å². The van der Waals surface area contributed by atoms with Crippen molar-refractivity contribution in [2.75, 3.05) is 0 Å². The van der Waals surface area contributed by atoms with Crippen LogP contribution in [0.3, 0.4) is 0 Å². The third-order valence-corrected chi connectivity index (χ3v) is 2.80. The van der Waals surface area contributed by atoms with Gasteiger partial charge < -0.3 is 15.9 Å². The number of phenols is 1. The van der Waals surface area contributed by atoms with Crippen LogP contribution >= 0.6 is 12.4 Å². The van der Waals surface area contributed by atoms with E-state index in [1.807, 2.05) is 30.3 Å². The summed E-state index contributed by atoms with van der Waals surface area (Å²) in [6, 6.07) is 10.5. The second-order valence-corrected chi connectivity index (χ2v) is 3.99. The first-order chi connectivity index (χ1) is 7.61. The van der Waals surface area contributed by atoms with Crippen molar-refractivity contribution in [3.63, 3.8) is 0 Å². The molecule has 0 saturated carbocycles. The van der Waals surface area contributed by atoms with Crippen molar-refractivity contribution in [3.05, 3.63) is 42.0 Å². The lowest BCUT2D eigenvalue weighted by atomic mass is 9.95. The Morgan fingerprint density at radius 1 is 1.12 bits per heavy atom. The maximum atomic E-state index is 9.84. The van der Waals surface area contributed by atoms with E-state index < -0.39 is 12.1 Å². The van der Waals surface area contributed by atoms with Crippen molar-refractivity contribution in [2.24, 2.45) is 5.73 Å². The summed E-state index contributed by atoms with van der Waals surface area (Å²) in [6.45, 7) is 1.62. The molecule has 0 spiro atoms. The number of fused-ring (bicyclic) bond motifs is 1. The van der Waals surface area contributed by atoms with Gasteiger partial charge in [0.1, 0.15) is 5.75 Å². The molecule has 0 aliphatic carbocycles. The van der Waals surface area contributed by atoms with Crippen LogP contribution in [0.25, 0.3) is 10.8 Å². The summed E-state index contributed by atoms with van der Waals surface area (Å²) >= 11 is 0. The van der Waals surface area contributed by atoms with Crippen LogP contribution in [-0.4, -0.2) is 16.3 Å². The highest BCUT2D eigenvalue weighted by atomic mass is 35.5. The Morgan fingerprint density at radius 2 is 1.76 bits per heavy atom. The Bertz CT molecular complexity index is 514. The summed E-state index contributed by atoms with van der Waals surface area (Å²) in [7, 11) is 0. The second-order valence-electron chi connectivity index (χ2n) is 3.99. The Morgan fingerprint density at radius 3 is 2.41 bits per heavy atom.